The SMILES string of the molecule is CCCCNC(=O)CCc1nc2cc(-c3ccc(C(=O)NS(=O)(=O)c4ccc(NCCSc5ccccc5)c([N+](=O)[O-])c4)cc3)ccc2s1. The Bertz CT molecular complexity index is 2050. The number of aryl methyl sites for hydroxylation is 1. The number of sulfonamides is 1. The molecule has 0 saturated heterocycles. The average molecular weight is 718 g/mol. The number of amides is 2. The number of aromatic nitrogens is 1. The van der Waals surface area contributed by atoms with E-state index >= 15 is 0 Å². The van der Waals surface area contributed by atoms with Gasteiger partial charge in [0.1, 0.15) is 5.69 Å². The lowest BCUT2D eigenvalue weighted by Gasteiger charge is -2.11. The highest BCUT2D eigenvalue weighted by Gasteiger charge is 2.24. The highest BCUT2D eigenvalue weighted by atomic mass is 32.2. The molecule has 0 bridgehead atoms. The predicted molar refractivity (Wildman–Crippen MR) is 195 cm³/mol. The largest absolute Gasteiger partial charge is 0.379 e. The second-order valence-corrected chi connectivity index (χ2v) is 15.0. The van der Waals surface area contributed by atoms with Crippen LogP contribution in [0.25, 0.3) is 21.3 Å². The van der Waals surface area contributed by atoms with Gasteiger partial charge in [-0.1, -0.05) is 49.7 Å². The molecule has 5 rings (SSSR count). The fourth-order valence-corrected chi connectivity index (χ4v) is 7.61. The van der Waals surface area contributed by atoms with Crippen LogP contribution < -0.4 is 15.4 Å². The van der Waals surface area contributed by atoms with Gasteiger partial charge >= 0.3 is 0 Å². The first-order valence-electron chi connectivity index (χ1n) is 15.7. The number of fused-ring (bicyclic) bond motifs is 1. The van der Waals surface area contributed by atoms with Crippen LogP contribution in [0.1, 0.15) is 41.6 Å². The molecular formula is C35H35N5O6S3. The van der Waals surface area contributed by atoms with E-state index in [-0.39, 0.29) is 17.2 Å². The molecular weight excluding hydrogens is 683 g/mol. The molecule has 0 radical (unpaired) electrons. The van der Waals surface area contributed by atoms with Crippen LogP contribution in [-0.4, -0.2) is 49.0 Å². The Morgan fingerprint density at radius 3 is 2.43 bits per heavy atom. The number of hydrogen-bond acceptors (Lipinski definition) is 10. The van der Waals surface area contributed by atoms with E-state index in [1.54, 1.807) is 35.2 Å². The molecule has 0 aliphatic carbocycles. The fraction of sp³-hybridized carbons (Fsp3) is 0.229. The quantitative estimate of drug-likeness (QED) is 0.0421. The summed E-state index contributed by atoms with van der Waals surface area (Å²) in [6, 6.07) is 25.5. The number of nitro groups is 1. The Hall–Kier alpha value is -4.79. The Labute approximate surface area is 292 Å². The molecule has 1 heterocycles. The summed E-state index contributed by atoms with van der Waals surface area (Å²) >= 11 is 3.13. The molecule has 0 fully saturated rings. The van der Waals surface area contributed by atoms with Crippen LogP contribution in [0.3, 0.4) is 0 Å². The summed E-state index contributed by atoms with van der Waals surface area (Å²) < 4.78 is 29.2. The van der Waals surface area contributed by atoms with Crippen molar-refractivity contribution in [2.45, 2.75) is 42.4 Å². The maximum Gasteiger partial charge on any atom is 0.293 e. The normalized spacial score (nSPS) is 11.3. The van der Waals surface area contributed by atoms with Crippen LogP contribution in [0.5, 0.6) is 0 Å². The summed E-state index contributed by atoms with van der Waals surface area (Å²) in [5.41, 5.74) is 2.33. The van der Waals surface area contributed by atoms with Gasteiger partial charge in [-0.3, -0.25) is 19.7 Å². The fourth-order valence-electron chi connectivity index (χ4n) is 4.88. The Morgan fingerprint density at radius 2 is 1.69 bits per heavy atom. The molecule has 0 saturated carbocycles. The third-order valence-corrected chi connectivity index (χ3v) is 10.9. The minimum absolute atomic E-state index is 0.0156. The lowest BCUT2D eigenvalue weighted by molar-refractivity contribution is -0.384. The third-order valence-electron chi connectivity index (χ3n) is 7.46. The molecule has 4 aromatic carbocycles. The molecule has 254 valence electrons. The number of unbranched alkanes of at least 4 members (excludes halogenated alkanes) is 1. The van der Waals surface area contributed by atoms with Crippen LogP contribution >= 0.6 is 23.1 Å². The molecule has 1 aromatic heterocycles. The number of nitrogens with zero attached hydrogens (tertiary/aromatic N) is 2. The third kappa shape index (κ3) is 9.65. The van der Waals surface area contributed by atoms with E-state index in [0.29, 0.717) is 31.7 Å². The van der Waals surface area contributed by atoms with Crippen molar-refractivity contribution in [3.63, 3.8) is 0 Å². The second-order valence-electron chi connectivity index (χ2n) is 11.0. The van der Waals surface area contributed by atoms with Gasteiger partial charge in [0, 0.05) is 48.2 Å². The van der Waals surface area contributed by atoms with Gasteiger partial charge in [0.15, 0.2) is 0 Å². The van der Waals surface area contributed by atoms with Crippen LogP contribution in [0, 0.1) is 10.1 Å². The topological polar surface area (TPSA) is 160 Å². The standard InChI is InChI=1S/C35H35N5O6S3/c1-2-3-19-37-33(41)17-18-34-38-30-22-26(13-16-32(30)48-34)24-9-11-25(12-10-24)35(42)39-49(45,46)28-14-15-29(31(23-28)40(43)44)36-20-21-47-27-7-5-4-6-8-27/h4-16,22-23,36H,2-3,17-21H2,1H3,(H,37,41)(H,39,42). The number of nitro benzene ring substituents is 1. The van der Waals surface area contributed by atoms with Crippen LogP contribution in [0.4, 0.5) is 11.4 Å². The summed E-state index contributed by atoms with van der Waals surface area (Å²) in [4.78, 5) is 41.5. The van der Waals surface area contributed by atoms with E-state index in [9.17, 15) is 28.1 Å². The number of thiazole rings is 1. The van der Waals surface area contributed by atoms with Crippen LogP contribution in [0.2, 0.25) is 0 Å². The second kappa shape index (κ2) is 16.5. The monoisotopic (exact) mass is 717 g/mol. The first-order chi connectivity index (χ1) is 23.6. The van der Waals surface area contributed by atoms with E-state index in [2.05, 4.69) is 17.6 Å². The van der Waals surface area contributed by atoms with Gasteiger partial charge in [-0.05, 0) is 66.1 Å². The van der Waals surface area contributed by atoms with Gasteiger partial charge in [0.05, 0.1) is 25.0 Å². The summed E-state index contributed by atoms with van der Waals surface area (Å²) in [6.07, 6.45) is 2.92. The Morgan fingerprint density at radius 1 is 0.939 bits per heavy atom. The van der Waals surface area contributed by atoms with E-state index in [1.165, 1.54) is 24.3 Å². The smallest absolute Gasteiger partial charge is 0.293 e. The van der Waals surface area contributed by atoms with Crippen molar-refractivity contribution in [1.82, 2.24) is 15.0 Å². The van der Waals surface area contributed by atoms with Crippen molar-refractivity contribution >= 4 is 66.5 Å². The summed E-state index contributed by atoms with van der Waals surface area (Å²) in [7, 11) is -4.41. The summed E-state index contributed by atoms with van der Waals surface area (Å²) in [6.45, 7) is 3.17. The van der Waals surface area contributed by atoms with Gasteiger partial charge in [-0.2, -0.15) is 0 Å². The number of benzene rings is 4. The van der Waals surface area contributed by atoms with E-state index in [4.69, 9.17) is 4.98 Å². The van der Waals surface area contributed by atoms with Gasteiger partial charge in [-0.25, -0.2) is 18.1 Å². The Balaban J connectivity index is 1.20. The zero-order chi connectivity index (χ0) is 34.8. The molecule has 0 aliphatic heterocycles. The highest BCUT2D eigenvalue weighted by Crippen LogP contribution is 2.30. The van der Waals surface area contributed by atoms with Crippen molar-refractivity contribution < 1.29 is 22.9 Å². The molecule has 0 spiro atoms. The first-order valence-corrected chi connectivity index (χ1v) is 19.0. The Kier molecular flexibility index (Phi) is 12.0. The molecule has 0 atom stereocenters. The highest BCUT2D eigenvalue weighted by molar-refractivity contribution is 7.99. The lowest BCUT2D eigenvalue weighted by Crippen LogP contribution is -2.30. The van der Waals surface area contributed by atoms with E-state index in [0.717, 1.165) is 50.2 Å². The first kappa shape index (κ1) is 35.5. The molecule has 49 heavy (non-hydrogen) atoms. The minimum atomic E-state index is -4.41. The molecule has 14 heteroatoms. The van der Waals surface area contributed by atoms with Crippen molar-refractivity contribution in [2.24, 2.45) is 0 Å². The number of rotatable bonds is 16. The van der Waals surface area contributed by atoms with Gasteiger partial charge < -0.3 is 10.6 Å². The number of carbonyl (C=O) groups is 2. The number of carbonyl (C=O) groups excluding carboxylic acids is 2. The number of anilines is 1. The van der Waals surface area contributed by atoms with Crippen molar-refractivity contribution in [3.05, 3.63) is 112 Å². The van der Waals surface area contributed by atoms with Crippen LogP contribution in [-0.2, 0) is 21.2 Å². The maximum absolute atomic E-state index is 13.1. The number of thioether (sulfide) groups is 1. The lowest BCUT2D eigenvalue weighted by atomic mass is 10.0. The summed E-state index contributed by atoms with van der Waals surface area (Å²) in [5.74, 6) is -0.216. The van der Waals surface area contributed by atoms with Crippen LogP contribution in [0.15, 0.2) is 101 Å². The molecule has 5 aromatic rings. The molecule has 3 N–H and O–H groups in total. The van der Waals surface area contributed by atoms with Gasteiger partial charge in [0.2, 0.25) is 5.91 Å². The van der Waals surface area contributed by atoms with Crippen molar-refractivity contribution in [1.29, 1.82) is 0 Å². The molecule has 0 aliphatic rings. The van der Waals surface area contributed by atoms with Crippen molar-refractivity contribution in [2.75, 3.05) is 24.2 Å². The number of nitrogens with one attached hydrogen (secondary N) is 3. The van der Waals surface area contributed by atoms with E-state index < -0.39 is 31.4 Å². The molecule has 0 unspecified atom stereocenters. The van der Waals surface area contributed by atoms with E-state index in [1.807, 2.05) is 53.3 Å². The predicted octanol–water partition coefficient (Wildman–Crippen LogP) is 7.04. The maximum atomic E-state index is 13.1. The molecule has 11 nitrogen and oxygen atoms in total. The number of hydrogen-bond donors (Lipinski definition) is 3. The van der Waals surface area contributed by atoms with Gasteiger partial charge in [-0.15, -0.1) is 23.1 Å². The summed E-state index contributed by atoms with van der Waals surface area (Å²) in [5, 5.41) is 18.6. The zero-order valence-electron chi connectivity index (χ0n) is 26.7. The van der Waals surface area contributed by atoms with Gasteiger partial charge in [0.25, 0.3) is 21.6 Å². The molecule has 2 amide bonds. The minimum Gasteiger partial charge on any atom is -0.379 e. The average Bonchev–Trinajstić information content (AvgIpc) is 3.52. The van der Waals surface area contributed by atoms with Crippen molar-refractivity contribution in [3.8, 4) is 11.1 Å². The zero-order valence-corrected chi connectivity index (χ0v) is 29.1.